The maximum absolute atomic E-state index is 13.0. The van der Waals surface area contributed by atoms with Crippen molar-refractivity contribution in [3.8, 4) is 0 Å². The molecule has 0 spiro atoms. The number of nitrogens with one attached hydrogen (secondary N) is 1. The van der Waals surface area contributed by atoms with Crippen molar-refractivity contribution in [3.63, 3.8) is 0 Å². The largest absolute Gasteiger partial charge is 0.326 e. The lowest BCUT2D eigenvalue weighted by Gasteiger charge is -2.13. The van der Waals surface area contributed by atoms with Crippen molar-refractivity contribution in [1.29, 1.82) is 0 Å². The number of halogens is 2. The van der Waals surface area contributed by atoms with Crippen LogP contribution in [0.1, 0.15) is 6.42 Å². The maximum Gasteiger partial charge on any atom is 0.242 e. The quantitative estimate of drug-likeness (QED) is 0.697. The second-order valence-corrected chi connectivity index (χ2v) is 7.58. The van der Waals surface area contributed by atoms with E-state index in [-0.39, 0.29) is 24.1 Å². The first-order valence-corrected chi connectivity index (χ1v) is 9.70. The number of anilines is 1. The van der Waals surface area contributed by atoms with Gasteiger partial charge in [-0.15, -0.1) is 6.58 Å². The van der Waals surface area contributed by atoms with Gasteiger partial charge in [-0.05, 0) is 48.5 Å². The number of thioether (sulfide) groups is 1. The molecule has 28 heavy (non-hydrogen) atoms. The molecule has 1 saturated heterocycles. The fourth-order valence-corrected chi connectivity index (χ4v) is 3.85. The summed E-state index contributed by atoms with van der Waals surface area (Å²) in [5, 5.41) is 3.18. The normalized spacial score (nSPS) is 17.8. The van der Waals surface area contributed by atoms with E-state index in [0.717, 1.165) is 0 Å². The van der Waals surface area contributed by atoms with Gasteiger partial charge in [-0.2, -0.15) is 0 Å². The van der Waals surface area contributed by atoms with Crippen molar-refractivity contribution < 1.29 is 14.0 Å². The van der Waals surface area contributed by atoms with Crippen LogP contribution < -0.4 is 5.32 Å². The van der Waals surface area contributed by atoms with Gasteiger partial charge in [0.25, 0.3) is 0 Å². The third-order valence-electron chi connectivity index (χ3n) is 3.88. The summed E-state index contributed by atoms with van der Waals surface area (Å²) in [6.07, 6.45) is 1.59. The Morgan fingerprint density at radius 3 is 2.57 bits per heavy atom. The molecular formula is C20H17ClFN3O2S. The summed E-state index contributed by atoms with van der Waals surface area (Å²) in [7, 11) is 0. The second-order valence-electron chi connectivity index (χ2n) is 5.97. The highest BCUT2D eigenvalue weighted by Crippen LogP contribution is 2.32. The number of hydrogen-bond acceptors (Lipinski definition) is 4. The van der Waals surface area contributed by atoms with Crippen molar-refractivity contribution in [2.24, 2.45) is 4.99 Å². The highest BCUT2D eigenvalue weighted by Gasteiger charge is 2.38. The Bertz CT molecular complexity index is 916. The molecular weight excluding hydrogens is 401 g/mol. The fourth-order valence-electron chi connectivity index (χ4n) is 2.56. The molecule has 2 aromatic carbocycles. The summed E-state index contributed by atoms with van der Waals surface area (Å²) < 4.78 is 13.0. The van der Waals surface area contributed by atoms with Crippen LogP contribution in [0.2, 0.25) is 5.02 Å². The zero-order valence-corrected chi connectivity index (χ0v) is 16.3. The first-order chi connectivity index (χ1) is 13.5. The van der Waals surface area contributed by atoms with E-state index in [9.17, 15) is 14.0 Å². The third kappa shape index (κ3) is 4.99. The van der Waals surface area contributed by atoms with Crippen LogP contribution in [0, 0.1) is 5.82 Å². The van der Waals surface area contributed by atoms with Gasteiger partial charge >= 0.3 is 0 Å². The number of aliphatic imine (C=N–C) groups is 1. The Morgan fingerprint density at radius 2 is 1.93 bits per heavy atom. The van der Waals surface area contributed by atoms with Crippen molar-refractivity contribution in [2.45, 2.75) is 11.7 Å². The van der Waals surface area contributed by atoms with Crippen LogP contribution >= 0.6 is 23.4 Å². The summed E-state index contributed by atoms with van der Waals surface area (Å²) in [6, 6.07) is 12.4. The molecule has 0 radical (unpaired) electrons. The first kappa shape index (κ1) is 20.1. The number of benzene rings is 2. The number of rotatable bonds is 6. The smallest absolute Gasteiger partial charge is 0.242 e. The zero-order chi connectivity index (χ0) is 20.1. The van der Waals surface area contributed by atoms with Crippen LogP contribution in [-0.4, -0.2) is 33.7 Å². The summed E-state index contributed by atoms with van der Waals surface area (Å²) in [5.74, 6) is -0.918. The third-order valence-corrected chi connectivity index (χ3v) is 5.31. The van der Waals surface area contributed by atoms with Crippen LogP contribution in [0.15, 0.2) is 66.2 Å². The zero-order valence-electron chi connectivity index (χ0n) is 14.8. The number of hydrogen-bond donors (Lipinski definition) is 1. The van der Waals surface area contributed by atoms with Crippen LogP contribution in [0.4, 0.5) is 15.8 Å². The average molecular weight is 418 g/mol. The van der Waals surface area contributed by atoms with E-state index in [1.807, 2.05) is 0 Å². The Labute approximate surface area is 171 Å². The molecule has 1 atom stereocenters. The van der Waals surface area contributed by atoms with Crippen molar-refractivity contribution in [3.05, 3.63) is 72.0 Å². The molecule has 1 fully saturated rings. The van der Waals surface area contributed by atoms with Crippen LogP contribution in [0.25, 0.3) is 0 Å². The number of carbonyl (C=O) groups is 2. The van der Waals surface area contributed by atoms with Gasteiger partial charge in [-0.25, -0.2) is 9.38 Å². The molecule has 144 valence electrons. The molecule has 1 heterocycles. The lowest BCUT2D eigenvalue weighted by molar-refractivity contribution is -0.127. The summed E-state index contributed by atoms with van der Waals surface area (Å²) in [6.45, 7) is 3.98. The van der Waals surface area contributed by atoms with E-state index in [1.165, 1.54) is 40.9 Å². The van der Waals surface area contributed by atoms with Crippen molar-refractivity contribution in [2.75, 3.05) is 11.9 Å². The van der Waals surface area contributed by atoms with Gasteiger partial charge in [-0.3, -0.25) is 14.5 Å². The topological polar surface area (TPSA) is 61.8 Å². The number of amidine groups is 1. The van der Waals surface area contributed by atoms with Crippen LogP contribution in [0.3, 0.4) is 0 Å². The summed E-state index contributed by atoms with van der Waals surface area (Å²) in [5.41, 5.74) is 1.13. The fraction of sp³-hybridized carbons (Fsp3) is 0.150. The Balaban J connectivity index is 1.72. The standard InChI is InChI=1S/C20H17ClFN3O2S/c1-2-11-25-19(27)17(12-18(26)23-15-9-5-14(22)6-10-15)28-20(25)24-16-7-3-13(21)4-8-16/h2-10,17H,1,11-12H2,(H,23,26)/t17-/m0/s1. The predicted octanol–water partition coefficient (Wildman–Crippen LogP) is 4.63. The summed E-state index contributed by atoms with van der Waals surface area (Å²) in [4.78, 5) is 31.0. The van der Waals surface area contributed by atoms with Crippen molar-refractivity contribution >= 4 is 51.7 Å². The van der Waals surface area contributed by atoms with Gasteiger partial charge < -0.3 is 5.32 Å². The first-order valence-electron chi connectivity index (χ1n) is 8.45. The highest BCUT2D eigenvalue weighted by molar-refractivity contribution is 8.15. The van der Waals surface area contributed by atoms with Crippen LogP contribution in [0.5, 0.6) is 0 Å². The van der Waals surface area contributed by atoms with Gasteiger partial charge in [0.2, 0.25) is 11.8 Å². The molecule has 0 unspecified atom stereocenters. The van der Waals surface area contributed by atoms with E-state index in [4.69, 9.17) is 11.6 Å². The Morgan fingerprint density at radius 1 is 1.25 bits per heavy atom. The molecule has 1 aliphatic heterocycles. The molecule has 8 heteroatoms. The number of amides is 2. The van der Waals surface area contributed by atoms with E-state index in [2.05, 4.69) is 16.9 Å². The van der Waals surface area contributed by atoms with Crippen LogP contribution in [-0.2, 0) is 9.59 Å². The van der Waals surface area contributed by atoms with Gasteiger partial charge in [0.1, 0.15) is 11.1 Å². The predicted molar refractivity (Wildman–Crippen MR) is 111 cm³/mol. The van der Waals surface area contributed by atoms with Gasteiger partial charge in [0.05, 0.1) is 5.69 Å². The maximum atomic E-state index is 13.0. The monoisotopic (exact) mass is 417 g/mol. The highest BCUT2D eigenvalue weighted by atomic mass is 35.5. The van der Waals surface area contributed by atoms with E-state index < -0.39 is 5.25 Å². The van der Waals surface area contributed by atoms with Crippen molar-refractivity contribution in [1.82, 2.24) is 4.90 Å². The molecule has 1 N–H and O–H groups in total. The molecule has 5 nitrogen and oxygen atoms in total. The minimum absolute atomic E-state index is 0.0197. The molecule has 3 rings (SSSR count). The average Bonchev–Trinajstić information content (AvgIpc) is 2.94. The van der Waals surface area contributed by atoms with E-state index >= 15 is 0 Å². The number of carbonyl (C=O) groups excluding carboxylic acids is 2. The Kier molecular flexibility index (Phi) is 6.49. The SMILES string of the molecule is C=CCN1C(=O)[C@H](CC(=O)Nc2ccc(F)cc2)SC1=Nc1ccc(Cl)cc1. The van der Waals surface area contributed by atoms with Gasteiger partial charge in [-0.1, -0.05) is 29.4 Å². The lowest BCUT2D eigenvalue weighted by Crippen LogP contribution is -2.33. The molecule has 2 aromatic rings. The minimum atomic E-state index is -0.591. The van der Waals surface area contributed by atoms with E-state index in [0.29, 0.717) is 28.1 Å². The Hall–Kier alpha value is -2.64. The molecule has 0 aliphatic carbocycles. The van der Waals surface area contributed by atoms with E-state index in [1.54, 1.807) is 30.3 Å². The minimum Gasteiger partial charge on any atom is -0.326 e. The number of nitrogens with zero attached hydrogens (tertiary/aromatic N) is 2. The molecule has 0 aromatic heterocycles. The molecule has 2 amide bonds. The molecule has 0 saturated carbocycles. The van der Waals surface area contributed by atoms with Gasteiger partial charge in [0.15, 0.2) is 5.17 Å². The second kappa shape index (κ2) is 9.03. The lowest BCUT2D eigenvalue weighted by atomic mass is 10.2. The molecule has 1 aliphatic rings. The summed E-state index contributed by atoms with van der Waals surface area (Å²) >= 11 is 7.12. The van der Waals surface area contributed by atoms with Gasteiger partial charge in [0, 0.05) is 23.7 Å². The molecule has 0 bridgehead atoms.